The number of carbonyl (C=O) groups is 1. The van der Waals surface area contributed by atoms with Crippen LogP contribution in [0.4, 0.5) is 5.69 Å². The molecule has 142 valence electrons. The lowest BCUT2D eigenvalue weighted by Crippen LogP contribution is -2.15. The van der Waals surface area contributed by atoms with Crippen molar-refractivity contribution < 1.29 is 9.53 Å². The summed E-state index contributed by atoms with van der Waals surface area (Å²) in [5, 5.41) is 12.8. The number of methoxy groups -OCH3 is 1. The van der Waals surface area contributed by atoms with E-state index in [2.05, 4.69) is 44.5 Å². The summed E-state index contributed by atoms with van der Waals surface area (Å²) in [4.78, 5) is 20.0. The third kappa shape index (κ3) is 3.63. The molecule has 0 spiro atoms. The topological polar surface area (TPSA) is 92.8 Å². The Bertz CT molecular complexity index is 1160. The van der Waals surface area contributed by atoms with Gasteiger partial charge in [0.05, 0.1) is 18.6 Å². The molecule has 0 saturated heterocycles. The summed E-state index contributed by atoms with van der Waals surface area (Å²) in [6, 6.07) is 13.5. The molecule has 8 heteroatoms. The minimum atomic E-state index is -0.164. The van der Waals surface area contributed by atoms with Crippen LogP contribution in [0.5, 0.6) is 5.75 Å². The van der Waals surface area contributed by atoms with Crippen molar-refractivity contribution in [1.29, 1.82) is 0 Å². The van der Waals surface area contributed by atoms with E-state index < -0.39 is 0 Å². The Morgan fingerprint density at radius 2 is 2.07 bits per heavy atom. The van der Waals surface area contributed by atoms with Crippen LogP contribution in [0.15, 0.2) is 47.6 Å². The standard InChI is InChI=1S/C20H19N5O2S/c1-3-12-8-9-14-13(10-12)18-19(22-14)23-20(25-24-18)28-11-17(26)21-15-6-4-5-7-16(15)27-2/h4-10H,3,11H2,1-2H3,(H,21,26)(H,22,23,25). The molecule has 0 aliphatic carbocycles. The van der Waals surface area contributed by atoms with Crippen molar-refractivity contribution in [3.63, 3.8) is 0 Å². The number of hydrogen-bond donors (Lipinski definition) is 2. The van der Waals surface area contributed by atoms with E-state index in [9.17, 15) is 4.79 Å². The zero-order valence-corrected chi connectivity index (χ0v) is 16.3. The summed E-state index contributed by atoms with van der Waals surface area (Å²) in [7, 11) is 1.57. The van der Waals surface area contributed by atoms with Gasteiger partial charge >= 0.3 is 0 Å². The molecule has 2 heterocycles. The third-order valence-corrected chi connectivity index (χ3v) is 5.22. The second-order valence-electron chi connectivity index (χ2n) is 6.19. The first kappa shape index (κ1) is 18.2. The van der Waals surface area contributed by atoms with E-state index in [1.807, 2.05) is 18.2 Å². The number of aromatic nitrogens is 4. The Morgan fingerprint density at radius 3 is 2.89 bits per heavy atom. The lowest BCUT2D eigenvalue weighted by molar-refractivity contribution is -0.113. The van der Waals surface area contributed by atoms with Crippen molar-refractivity contribution in [2.75, 3.05) is 18.2 Å². The number of aromatic amines is 1. The fraction of sp³-hybridized carbons (Fsp3) is 0.200. The number of ether oxygens (including phenoxy) is 1. The summed E-state index contributed by atoms with van der Waals surface area (Å²) in [6.45, 7) is 2.12. The van der Waals surface area contributed by atoms with Gasteiger partial charge in [-0.3, -0.25) is 4.79 Å². The molecule has 4 aromatic rings. The van der Waals surface area contributed by atoms with Crippen LogP contribution in [-0.2, 0) is 11.2 Å². The van der Waals surface area contributed by atoms with Gasteiger partial charge in [0, 0.05) is 10.9 Å². The van der Waals surface area contributed by atoms with E-state index in [-0.39, 0.29) is 11.7 Å². The molecule has 0 aliphatic rings. The molecule has 2 N–H and O–H groups in total. The van der Waals surface area contributed by atoms with Crippen LogP contribution in [0.2, 0.25) is 0 Å². The van der Waals surface area contributed by atoms with Crippen molar-refractivity contribution in [2.24, 2.45) is 0 Å². The first-order valence-electron chi connectivity index (χ1n) is 8.88. The molecule has 2 aromatic heterocycles. The van der Waals surface area contributed by atoms with Gasteiger partial charge in [-0.25, -0.2) is 4.98 Å². The smallest absolute Gasteiger partial charge is 0.234 e. The SMILES string of the molecule is CCc1ccc2[nH]c3nc(SCC(=O)Nc4ccccc4OC)nnc3c2c1. The van der Waals surface area contributed by atoms with Crippen LogP contribution in [0.3, 0.4) is 0 Å². The largest absolute Gasteiger partial charge is 0.495 e. The number of fused-ring (bicyclic) bond motifs is 3. The van der Waals surface area contributed by atoms with Crippen molar-refractivity contribution in [3.8, 4) is 5.75 Å². The molecule has 0 fully saturated rings. The molecule has 0 radical (unpaired) electrons. The summed E-state index contributed by atoms with van der Waals surface area (Å²) >= 11 is 1.24. The number of nitrogens with zero attached hydrogens (tertiary/aromatic N) is 3. The minimum absolute atomic E-state index is 0.164. The van der Waals surface area contributed by atoms with E-state index in [1.54, 1.807) is 19.2 Å². The highest BCUT2D eigenvalue weighted by Crippen LogP contribution is 2.26. The highest BCUT2D eigenvalue weighted by molar-refractivity contribution is 7.99. The van der Waals surface area contributed by atoms with E-state index in [0.717, 1.165) is 22.8 Å². The molecule has 0 saturated carbocycles. The molecule has 0 unspecified atom stereocenters. The molecule has 0 bridgehead atoms. The van der Waals surface area contributed by atoms with Gasteiger partial charge in [-0.05, 0) is 36.2 Å². The number of H-pyrrole nitrogens is 1. The summed E-state index contributed by atoms with van der Waals surface area (Å²) in [5.74, 6) is 0.623. The Balaban J connectivity index is 1.49. The third-order valence-electron chi connectivity index (χ3n) is 4.38. The second kappa shape index (κ2) is 7.85. The van der Waals surface area contributed by atoms with Gasteiger partial charge in [-0.15, -0.1) is 10.2 Å². The lowest BCUT2D eigenvalue weighted by atomic mass is 10.1. The number of nitrogens with one attached hydrogen (secondary N) is 2. The number of amides is 1. The number of hydrogen-bond acceptors (Lipinski definition) is 6. The number of anilines is 1. The number of aryl methyl sites for hydroxylation is 1. The number of para-hydroxylation sites is 2. The Hall–Kier alpha value is -3.13. The number of benzene rings is 2. The van der Waals surface area contributed by atoms with Gasteiger partial charge in [0.1, 0.15) is 11.3 Å². The first-order valence-corrected chi connectivity index (χ1v) is 9.87. The average molecular weight is 393 g/mol. The van der Waals surface area contributed by atoms with Gasteiger partial charge in [0.25, 0.3) is 0 Å². The fourth-order valence-corrected chi connectivity index (χ4v) is 3.54. The monoisotopic (exact) mass is 393 g/mol. The molecular weight excluding hydrogens is 374 g/mol. The van der Waals surface area contributed by atoms with Crippen molar-refractivity contribution >= 4 is 45.4 Å². The van der Waals surface area contributed by atoms with Gasteiger partial charge in [-0.1, -0.05) is 36.9 Å². The predicted molar refractivity (Wildman–Crippen MR) is 111 cm³/mol. The van der Waals surface area contributed by atoms with Crippen molar-refractivity contribution in [1.82, 2.24) is 20.2 Å². The Kier molecular flexibility index (Phi) is 5.12. The molecule has 0 atom stereocenters. The quantitative estimate of drug-likeness (QED) is 0.484. The highest BCUT2D eigenvalue weighted by atomic mass is 32.2. The van der Waals surface area contributed by atoms with Gasteiger partial charge in [-0.2, -0.15) is 0 Å². The average Bonchev–Trinajstić information content (AvgIpc) is 3.09. The van der Waals surface area contributed by atoms with Crippen molar-refractivity contribution in [3.05, 3.63) is 48.0 Å². The summed E-state index contributed by atoms with van der Waals surface area (Å²) in [6.07, 6.45) is 0.957. The predicted octanol–water partition coefficient (Wildman–Crippen LogP) is 3.81. The molecular formula is C20H19N5O2S. The van der Waals surface area contributed by atoms with E-state index >= 15 is 0 Å². The van der Waals surface area contributed by atoms with E-state index in [0.29, 0.717) is 22.2 Å². The lowest BCUT2D eigenvalue weighted by Gasteiger charge is -2.09. The van der Waals surface area contributed by atoms with E-state index in [4.69, 9.17) is 4.74 Å². The molecule has 2 aromatic carbocycles. The number of rotatable bonds is 6. The highest BCUT2D eigenvalue weighted by Gasteiger charge is 2.12. The Morgan fingerprint density at radius 1 is 1.21 bits per heavy atom. The minimum Gasteiger partial charge on any atom is -0.495 e. The van der Waals surface area contributed by atoms with Crippen LogP contribution < -0.4 is 10.1 Å². The van der Waals surface area contributed by atoms with Crippen LogP contribution in [-0.4, -0.2) is 38.9 Å². The second-order valence-corrected chi connectivity index (χ2v) is 7.13. The normalized spacial score (nSPS) is 11.1. The van der Waals surface area contributed by atoms with Crippen LogP contribution >= 0.6 is 11.8 Å². The number of thioether (sulfide) groups is 1. The van der Waals surface area contributed by atoms with Crippen molar-refractivity contribution in [2.45, 2.75) is 18.5 Å². The maximum absolute atomic E-state index is 12.3. The molecule has 0 aliphatic heterocycles. The molecule has 4 rings (SSSR count). The first-order chi connectivity index (χ1) is 13.7. The maximum atomic E-state index is 12.3. The zero-order chi connectivity index (χ0) is 19.5. The van der Waals surface area contributed by atoms with E-state index in [1.165, 1.54) is 17.3 Å². The molecule has 7 nitrogen and oxygen atoms in total. The van der Waals surface area contributed by atoms with Gasteiger partial charge in [0.2, 0.25) is 11.1 Å². The Labute approximate surface area is 165 Å². The van der Waals surface area contributed by atoms with Gasteiger partial charge < -0.3 is 15.0 Å². The maximum Gasteiger partial charge on any atom is 0.234 e. The fourth-order valence-electron chi connectivity index (χ4n) is 2.95. The summed E-state index contributed by atoms with van der Waals surface area (Å²) in [5.41, 5.74) is 4.26. The van der Waals surface area contributed by atoms with Crippen LogP contribution in [0.25, 0.3) is 22.1 Å². The van der Waals surface area contributed by atoms with Crippen LogP contribution in [0.1, 0.15) is 12.5 Å². The van der Waals surface area contributed by atoms with Gasteiger partial charge in [0.15, 0.2) is 5.65 Å². The van der Waals surface area contributed by atoms with Crippen LogP contribution in [0, 0.1) is 0 Å². The summed E-state index contributed by atoms with van der Waals surface area (Å²) < 4.78 is 5.24. The molecule has 1 amide bonds. The molecule has 28 heavy (non-hydrogen) atoms. The number of carbonyl (C=O) groups excluding carboxylic acids is 1. The zero-order valence-electron chi connectivity index (χ0n) is 15.5.